The Bertz CT molecular complexity index is 1030. The van der Waals surface area contributed by atoms with Crippen LogP contribution in [0.15, 0.2) is 0 Å². The summed E-state index contributed by atoms with van der Waals surface area (Å²) in [6.45, 7) is 14.7. The molecule has 49 heavy (non-hydrogen) atoms. The largest absolute Gasteiger partial charge is 0.472 e. The van der Waals surface area contributed by atoms with Gasteiger partial charge >= 0.3 is 7.82 Å². The molecule has 3 N–H and O–H groups in total. The van der Waals surface area contributed by atoms with E-state index in [-0.39, 0.29) is 61.8 Å². The van der Waals surface area contributed by atoms with E-state index in [1.165, 1.54) is 0 Å². The number of hydrogen-bond donors (Lipinski definition) is 3. The van der Waals surface area contributed by atoms with Crippen LogP contribution in [0.3, 0.4) is 0 Å². The molecule has 0 aromatic heterocycles. The molecule has 2 aliphatic rings. The Kier molecular flexibility index (Phi) is 20.7. The second-order valence-corrected chi connectivity index (χ2v) is 15.9. The number of phosphoric ester groups is 1. The third-order valence-corrected chi connectivity index (χ3v) is 9.89. The molecule has 0 radical (unpaired) electrons. The summed E-state index contributed by atoms with van der Waals surface area (Å²) in [5.74, 6) is -0.155. The van der Waals surface area contributed by atoms with Crippen molar-refractivity contribution < 1.29 is 42.4 Å². The number of nitrogens with one attached hydrogen (secondary N) is 2. The lowest BCUT2D eigenvalue weighted by Crippen LogP contribution is -2.39. The van der Waals surface area contributed by atoms with Gasteiger partial charge in [-0.1, -0.05) is 40.5 Å². The number of amides is 2. The number of methoxy groups -OCH3 is 1. The Labute approximate surface area is 295 Å². The van der Waals surface area contributed by atoms with Gasteiger partial charge in [-0.2, -0.15) is 0 Å². The predicted molar refractivity (Wildman–Crippen MR) is 190 cm³/mol. The van der Waals surface area contributed by atoms with Crippen LogP contribution in [0.25, 0.3) is 0 Å². The van der Waals surface area contributed by atoms with E-state index in [0.29, 0.717) is 50.9 Å². The lowest BCUT2D eigenvalue weighted by molar-refractivity contribution is -0.135. The monoisotopic (exact) mass is 718 g/mol. The normalized spacial score (nSPS) is 22.5. The van der Waals surface area contributed by atoms with Crippen LogP contribution in [0.5, 0.6) is 0 Å². The molecule has 2 rings (SSSR count). The second kappa shape index (κ2) is 23.2. The van der Waals surface area contributed by atoms with Crippen molar-refractivity contribution in [1.82, 2.24) is 20.4 Å². The average Bonchev–Trinajstić information content (AvgIpc) is 3.60. The first-order valence-electron chi connectivity index (χ1n) is 18.6. The second-order valence-electron chi connectivity index (χ2n) is 14.5. The molecule has 0 aliphatic carbocycles. The molecule has 5 atom stereocenters. The highest BCUT2D eigenvalue weighted by molar-refractivity contribution is 7.47. The van der Waals surface area contributed by atoms with Crippen molar-refractivity contribution >= 4 is 25.4 Å². The number of ether oxygens (including phenoxy) is 2. The fourth-order valence-corrected chi connectivity index (χ4v) is 7.42. The van der Waals surface area contributed by atoms with Gasteiger partial charge in [0.1, 0.15) is 5.78 Å². The van der Waals surface area contributed by atoms with E-state index in [1.54, 1.807) is 16.9 Å². The van der Waals surface area contributed by atoms with Gasteiger partial charge in [0.15, 0.2) is 0 Å². The first-order chi connectivity index (χ1) is 23.2. The molecule has 286 valence electrons. The molecule has 2 fully saturated rings. The quantitative estimate of drug-likeness (QED) is 0.0849. The highest BCUT2D eigenvalue weighted by Gasteiger charge is 2.41. The number of hydrogen-bond acceptors (Lipinski definition) is 10. The predicted octanol–water partition coefficient (Wildman–Crippen LogP) is 4.60. The maximum Gasteiger partial charge on any atom is 0.472 e. The highest BCUT2D eigenvalue weighted by Crippen LogP contribution is 2.47. The SMILES string of the molecule is COC[C@@H]1C[C@@H](OP(=O)(O)OC[C@@H]2C[C@@H](OC(C)C)CN2C(=O)CCC(=O)CCCCCNC(C)C)CN1C(=O)CCCCCNC(C)C. The van der Waals surface area contributed by atoms with Crippen LogP contribution in [0.4, 0.5) is 0 Å². The van der Waals surface area contributed by atoms with Crippen molar-refractivity contribution in [2.75, 3.05) is 46.5 Å². The van der Waals surface area contributed by atoms with Gasteiger partial charge in [0.05, 0.1) is 43.6 Å². The zero-order valence-corrected chi connectivity index (χ0v) is 32.2. The number of Topliss-reactive ketones (excluding diaryl/α,β-unsaturated/α-hetero) is 1. The fraction of sp³-hybridized carbons (Fsp3) is 0.914. The van der Waals surface area contributed by atoms with Crippen LogP contribution in [0.1, 0.15) is 119 Å². The van der Waals surface area contributed by atoms with Crippen molar-refractivity contribution in [1.29, 1.82) is 0 Å². The summed E-state index contributed by atoms with van der Waals surface area (Å²) in [4.78, 5) is 52.8. The van der Waals surface area contributed by atoms with Gasteiger partial charge in [-0.15, -0.1) is 0 Å². The smallest absolute Gasteiger partial charge is 0.383 e. The third kappa shape index (κ3) is 18.1. The minimum absolute atomic E-state index is 0.0209. The van der Waals surface area contributed by atoms with Gasteiger partial charge in [-0.05, 0) is 65.5 Å². The van der Waals surface area contributed by atoms with Crippen LogP contribution in [-0.2, 0) is 37.5 Å². The summed E-state index contributed by atoms with van der Waals surface area (Å²) in [6, 6.07) is 0.124. The van der Waals surface area contributed by atoms with Crippen molar-refractivity contribution in [2.24, 2.45) is 0 Å². The number of unbranched alkanes of at least 4 members (excludes halogenated alkanes) is 4. The number of nitrogens with zero attached hydrogens (tertiary/aromatic N) is 2. The topological polar surface area (TPSA) is 156 Å². The van der Waals surface area contributed by atoms with Crippen molar-refractivity contribution in [3.8, 4) is 0 Å². The first-order valence-corrected chi connectivity index (χ1v) is 20.1. The molecule has 0 aromatic rings. The number of rotatable bonds is 26. The van der Waals surface area contributed by atoms with Gasteiger partial charge in [0, 0.05) is 58.0 Å². The van der Waals surface area contributed by atoms with Crippen LogP contribution in [0, 0.1) is 0 Å². The molecule has 2 amide bonds. The Hall–Kier alpha value is -1.44. The molecular formula is C35H67N4O9P. The van der Waals surface area contributed by atoms with E-state index < -0.39 is 20.0 Å². The number of ketones is 1. The molecule has 2 heterocycles. The summed E-state index contributed by atoms with van der Waals surface area (Å²) in [5.41, 5.74) is 0. The summed E-state index contributed by atoms with van der Waals surface area (Å²) in [6.07, 6.45) is 6.37. The van der Waals surface area contributed by atoms with Crippen LogP contribution in [0.2, 0.25) is 0 Å². The lowest BCUT2D eigenvalue weighted by atomic mass is 10.1. The van der Waals surface area contributed by atoms with E-state index in [1.807, 2.05) is 13.8 Å². The minimum atomic E-state index is -4.52. The lowest BCUT2D eigenvalue weighted by Gasteiger charge is -2.25. The third-order valence-electron chi connectivity index (χ3n) is 8.85. The van der Waals surface area contributed by atoms with E-state index in [9.17, 15) is 23.8 Å². The Morgan fingerprint density at radius 3 is 1.84 bits per heavy atom. The number of carbonyl (C=O) groups is 3. The molecule has 14 heteroatoms. The number of phosphoric acid groups is 1. The van der Waals surface area contributed by atoms with Crippen LogP contribution in [-0.4, -0.2) is 121 Å². The number of likely N-dealkylation sites (tertiary alicyclic amines) is 2. The maximum atomic E-state index is 13.3. The molecule has 2 saturated heterocycles. The minimum Gasteiger partial charge on any atom is -0.383 e. The molecule has 1 unspecified atom stereocenters. The van der Waals surface area contributed by atoms with Gasteiger partial charge in [-0.25, -0.2) is 4.57 Å². The molecule has 0 bridgehead atoms. The fourth-order valence-electron chi connectivity index (χ4n) is 6.47. The molecular weight excluding hydrogens is 651 g/mol. The summed E-state index contributed by atoms with van der Waals surface area (Å²) >= 11 is 0. The Morgan fingerprint density at radius 2 is 1.27 bits per heavy atom. The summed E-state index contributed by atoms with van der Waals surface area (Å²) < 4.78 is 35.5. The Balaban J connectivity index is 1.87. The van der Waals surface area contributed by atoms with Gasteiger partial charge < -0.3 is 34.8 Å². The maximum absolute atomic E-state index is 13.3. The van der Waals surface area contributed by atoms with Crippen molar-refractivity contribution in [3.05, 3.63) is 0 Å². The molecule has 0 saturated carbocycles. The zero-order chi connectivity index (χ0) is 36.4. The Morgan fingerprint density at radius 1 is 0.735 bits per heavy atom. The summed E-state index contributed by atoms with van der Waals surface area (Å²) in [7, 11) is -2.96. The molecule has 2 aliphatic heterocycles. The van der Waals surface area contributed by atoms with E-state index in [4.69, 9.17) is 18.5 Å². The average molecular weight is 719 g/mol. The summed E-state index contributed by atoms with van der Waals surface area (Å²) in [5, 5.41) is 6.75. The molecule has 13 nitrogen and oxygen atoms in total. The van der Waals surface area contributed by atoms with E-state index in [0.717, 1.165) is 51.6 Å². The molecule has 0 spiro atoms. The van der Waals surface area contributed by atoms with Gasteiger partial charge in [-0.3, -0.25) is 23.4 Å². The first kappa shape index (κ1) is 43.7. The zero-order valence-electron chi connectivity index (χ0n) is 31.3. The van der Waals surface area contributed by atoms with Crippen molar-refractivity contribution in [3.63, 3.8) is 0 Å². The van der Waals surface area contributed by atoms with E-state index >= 15 is 0 Å². The van der Waals surface area contributed by atoms with Gasteiger partial charge in [0.2, 0.25) is 11.8 Å². The van der Waals surface area contributed by atoms with Crippen LogP contribution < -0.4 is 10.6 Å². The highest BCUT2D eigenvalue weighted by atomic mass is 31.2. The van der Waals surface area contributed by atoms with Crippen LogP contribution >= 0.6 is 7.82 Å². The van der Waals surface area contributed by atoms with Crippen molar-refractivity contribution in [2.45, 2.75) is 161 Å². The number of carbonyl (C=O) groups excluding carboxylic acids is 3. The van der Waals surface area contributed by atoms with E-state index in [2.05, 4.69) is 38.3 Å². The van der Waals surface area contributed by atoms with Gasteiger partial charge in [0.25, 0.3) is 0 Å². The molecule has 0 aromatic carbocycles. The standard InChI is InChI=1S/C35H67N4O9P/c1-26(2)36-18-12-8-10-14-31(40)16-17-35(42)38-22-32(47-28(5)6)20-30(38)25-46-49(43,44)48-33-21-29(24-45-7)39(23-33)34(41)15-11-9-13-19-37-27(3)4/h26-30,32-33,36-37H,8-25H2,1-7H3,(H,43,44)/t29-,30-,32+,33+/m0/s1.